The zero-order valence-corrected chi connectivity index (χ0v) is 14.5. The van der Waals surface area contributed by atoms with Gasteiger partial charge in [-0.3, -0.25) is 4.79 Å². The van der Waals surface area contributed by atoms with Crippen LogP contribution in [0.15, 0.2) is 45.6 Å². The summed E-state index contributed by atoms with van der Waals surface area (Å²) in [7, 11) is 0. The molecule has 0 spiro atoms. The highest BCUT2D eigenvalue weighted by Gasteiger charge is 2.19. The number of carbonyl (C=O) groups is 1. The van der Waals surface area contributed by atoms with Crippen LogP contribution in [0, 0.1) is 0 Å². The van der Waals surface area contributed by atoms with Crippen LogP contribution < -0.4 is 10.9 Å². The largest absolute Gasteiger partial charge is 0.507 e. The Morgan fingerprint density at radius 2 is 1.88 bits per heavy atom. The van der Waals surface area contributed by atoms with Gasteiger partial charge in [-0.1, -0.05) is 38.0 Å². The third-order valence-electron chi connectivity index (χ3n) is 4.54. The lowest BCUT2D eigenvalue weighted by atomic mass is 10.0. The smallest absolute Gasteiger partial charge is 0.344 e. The number of carboxylic acids is 1. The van der Waals surface area contributed by atoms with Gasteiger partial charge in [0.25, 0.3) is 0 Å². The highest BCUT2D eigenvalue weighted by molar-refractivity contribution is 6.05. The van der Waals surface area contributed by atoms with Crippen LogP contribution in [0.25, 0.3) is 21.7 Å². The van der Waals surface area contributed by atoms with Crippen molar-refractivity contribution in [1.29, 1.82) is 0 Å². The zero-order chi connectivity index (χ0) is 18.7. The minimum atomic E-state index is -0.940. The molecule has 3 aromatic rings. The number of phenolic OH excluding ortho intramolecular Hbond substituents is 1. The number of hydrogen-bond donors (Lipinski definition) is 3. The van der Waals surface area contributed by atoms with Gasteiger partial charge in [0.2, 0.25) is 0 Å². The molecule has 0 fully saturated rings. The monoisotopic (exact) mass is 355 g/mol. The van der Waals surface area contributed by atoms with Crippen LogP contribution in [-0.4, -0.2) is 22.2 Å². The quantitative estimate of drug-likeness (QED) is 0.444. The van der Waals surface area contributed by atoms with Crippen molar-refractivity contribution in [1.82, 2.24) is 5.32 Å². The van der Waals surface area contributed by atoms with Gasteiger partial charge in [-0.05, 0) is 30.0 Å². The summed E-state index contributed by atoms with van der Waals surface area (Å²) in [6, 6.07) is 9.62. The van der Waals surface area contributed by atoms with Crippen LogP contribution >= 0.6 is 0 Å². The number of aliphatic carboxylic acids is 1. The summed E-state index contributed by atoms with van der Waals surface area (Å²) in [4.78, 5) is 23.7. The molecule has 0 aliphatic carbocycles. The van der Waals surface area contributed by atoms with Gasteiger partial charge in [0.15, 0.2) is 0 Å². The first kappa shape index (κ1) is 17.9. The van der Waals surface area contributed by atoms with Crippen LogP contribution in [0.2, 0.25) is 0 Å². The lowest BCUT2D eigenvalue weighted by Gasteiger charge is -2.15. The van der Waals surface area contributed by atoms with E-state index in [0.29, 0.717) is 22.8 Å². The molecule has 0 aliphatic rings. The van der Waals surface area contributed by atoms with Crippen molar-refractivity contribution < 1.29 is 19.4 Å². The standard InChI is InChI=1S/C20H21NO5/c1-2-3-8-16(19(23)24)21-11-15-17(22)10-9-13-12-6-4-5-7-14(12)20(25)26-18(13)15/h4-7,9-10,16,21-22H,2-3,8,11H2,1H3,(H,23,24). The van der Waals surface area contributed by atoms with Crippen molar-refractivity contribution in [2.75, 3.05) is 0 Å². The maximum atomic E-state index is 12.3. The molecule has 0 saturated carbocycles. The molecular formula is C20H21NO5. The van der Waals surface area contributed by atoms with Gasteiger partial charge in [-0.25, -0.2) is 4.79 Å². The SMILES string of the molecule is CCCCC(NCc1c(O)ccc2c1oc(=O)c1ccccc12)C(=O)O. The van der Waals surface area contributed by atoms with Gasteiger partial charge >= 0.3 is 11.6 Å². The van der Waals surface area contributed by atoms with E-state index in [9.17, 15) is 19.8 Å². The Kier molecular flexibility index (Phi) is 5.23. The summed E-state index contributed by atoms with van der Waals surface area (Å²) in [5, 5.41) is 24.5. The fraction of sp³-hybridized carbons (Fsp3) is 0.300. The second kappa shape index (κ2) is 7.58. The molecule has 0 bridgehead atoms. The maximum Gasteiger partial charge on any atom is 0.344 e. The molecule has 1 heterocycles. The second-order valence-corrected chi connectivity index (χ2v) is 6.29. The van der Waals surface area contributed by atoms with Gasteiger partial charge in [0, 0.05) is 11.9 Å². The Bertz CT molecular complexity index is 1010. The van der Waals surface area contributed by atoms with Gasteiger partial charge in [0.1, 0.15) is 17.4 Å². The summed E-state index contributed by atoms with van der Waals surface area (Å²) >= 11 is 0. The fourth-order valence-electron chi connectivity index (χ4n) is 3.11. The van der Waals surface area contributed by atoms with E-state index in [0.717, 1.165) is 18.2 Å². The van der Waals surface area contributed by atoms with E-state index in [1.165, 1.54) is 6.07 Å². The van der Waals surface area contributed by atoms with Gasteiger partial charge in [-0.2, -0.15) is 0 Å². The highest BCUT2D eigenvalue weighted by Crippen LogP contribution is 2.30. The number of benzene rings is 2. The van der Waals surface area contributed by atoms with E-state index in [4.69, 9.17) is 4.42 Å². The van der Waals surface area contributed by atoms with E-state index in [-0.39, 0.29) is 17.9 Å². The molecular weight excluding hydrogens is 334 g/mol. The third kappa shape index (κ3) is 3.41. The second-order valence-electron chi connectivity index (χ2n) is 6.29. The number of nitrogens with one attached hydrogen (secondary N) is 1. The average molecular weight is 355 g/mol. The van der Waals surface area contributed by atoms with E-state index >= 15 is 0 Å². The van der Waals surface area contributed by atoms with E-state index in [1.807, 2.05) is 19.1 Å². The van der Waals surface area contributed by atoms with E-state index < -0.39 is 17.6 Å². The Balaban J connectivity index is 2.04. The first-order valence-corrected chi connectivity index (χ1v) is 8.65. The maximum absolute atomic E-state index is 12.3. The molecule has 0 aliphatic heterocycles. The summed E-state index contributed by atoms with van der Waals surface area (Å²) in [6.45, 7) is 2.08. The van der Waals surface area contributed by atoms with Gasteiger partial charge < -0.3 is 19.9 Å². The van der Waals surface area contributed by atoms with Crippen molar-refractivity contribution in [3.05, 3.63) is 52.4 Å². The predicted molar refractivity (Wildman–Crippen MR) is 99.4 cm³/mol. The van der Waals surface area contributed by atoms with Crippen LogP contribution in [0.4, 0.5) is 0 Å². The first-order valence-electron chi connectivity index (χ1n) is 8.65. The van der Waals surface area contributed by atoms with Crippen LogP contribution in [0.5, 0.6) is 5.75 Å². The highest BCUT2D eigenvalue weighted by atomic mass is 16.4. The van der Waals surface area contributed by atoms with Gasteiger partial charge in [0.05, 0.1) is 10.9 Å². The number of phenols is 1. The minimum Gasteiger partial charge on any atom is -0.507 e. The van der Waals surface area contributed by atoms with E-state index in [1.54, 1.807) is 18.2 Å². The third-order valence-corrected chi connectivity index (χ3v) is 4.54. The molecule has 1 atom stereocenters. The number of fused-ring (bicyclic) bond motifs is 3. The predicted octanol–water partition coefficient (Wildman–Crippen LogP) is 3.38. The topological polar surface area (TPSA) is 99.8 Å². The van der Waals surface area contributed by atoms with Gasteiger partial charge in [-0.15, -0.1) is 0 Å². The molecule has 0 saturated heterocycles. The van der Waals surface area contributed by atoms with Crippen molar-refractivity contribution in [3.8, 4) is 5.75 Å². The average Bonchev–Trinajstić information content (AvgIpc) is 2.63. The lowest BCUT2D eigenvalue weighted by Crippen LogP contribution is -2.36. The Morgan fingerprint density at radius 1 is 1.15 bits per heavy atom. The van der Waals surface area contributed by atoms with Crippen LogP contribution in [0.1, 0.15) is 31.7 Å². The molecule has 136 valence electrons. The summed E-state index contributed by atoms with van der Waals surface area (Å²) in [6.07, 6.45) is 2.17. The molecule has 3 N–H and O–H groups in total. The minimum absolute atomic E-state index is 0.0388. The Labute approximate surface area is 150 Å². The normalized spacial score (nSPS) is 12.5. The Hall–Kier alpha value is -2.86. The van der Waals surface area contributed by atoms with Crippen LogP contribution in [0.3, 0.4) is 0 Å². The number of rotatable bonds is 7. The number of aromatic hydroxyl groups is 1. The Morgan fingerprint density at radius 3 is 2.58 bits per heavy atom. The van der Waals surface area contributed by atoms with Crippen molar-refractivity contribution in [2.24, 2.45) is 0 Å². The van der Waals surface area contributed by atoms with Crippen molar-refractivity contribution in [3.63, 3.8) is 0 Å². The molecule has 1 aromatic heterocycles. The number of unbranched alkanes of at least 4 members (excludes halogenated alkanes) is 1. The molecule has 6 nitrogen and oxygen atoms in total. The summed E-state index contributed by atoms with van der Waals surface area (Å²) < 4.78 is 5.46. The molecule has 2 aromatic carbocycles. The summed E-state index contributed by atoms with van der Waals surface area (Å²) in [5.74, 6) is -0.979. The van der Waals surface area contributed by atoms with Crippen molar-refractivity contribution >= 4 is 27.7 Å². The molecule has 0 radical (unpaired) electrons. The molecule has 26 heavy (non-hydrogen) atoms. The van der Waals surface area contributed by atoms with Crippen molar-refractivity contribution in [2.45, 2.75) is 38.8 Å². The number of carboxylic acid groups (broad SMARTS) is 1. The fourth-order valence-corrected chi connectivity index (χ4v) is 3.11. The molecule has 3 rings (SSSR count). The number of hydrogen-bond acceptors (Lipinski definition) is 5. The van der Waals surface area contributed by atoms with E-state index in [2.05, 4.69) is 5.32 Å². The van der Waals surface area contributed by atoms with Crippen LogP contribution in [-0.2, 0) is 11.3 Å². The molecule has 6 heteroatoms. The zero-order valence-electron chi connectivity index (χ0n) is 14.5. The lowest BCUT2D eigenvalue weighted by molar-refractivity contribution is -0.139. The molecule has 0 amide bonds. The summed E-state index contributed by atoms with van der Waals surface area (Å²) in [5.41, 5.74) is 0.176. The first-order chi connectivity index (χ1) is 12.5. The molecule has 1 unspecified atom stereocenters.